The molecule has 1 aliphatic rings. The number of pyridine rings is 1. The van der Waals surface area contributed by atoms with Crippen molar-refractivity contribution in [3.05, 3.63) is 65.7 Å². The van der Waals surface area contributed by atoms with Crippen LogP contribution < -0.4 is 9.64 Å². The summed E-state index contributed by atoms with van der Waals surface area (Å²) in [7, 11) is 0. The van der Waals surface area contributed by atoms with Gasteiger partial charge in [0, 0.05) is 23.5 Å². The monoisotopic (exact) mass is 380 g/mol. The summed E-state index contributed by atoms with van der Waals surface area (Å²) in [6, 6.07) is 9.78. The summed E-state index contributed by atoms with van der Waals surface area (Å²) < 4.78 is 5.46. The van der Waals surface area contributed by atoms with Crippen molar-refractivity contribution in [3.8, 4) is 5.75 Å². The van der Waals surface area contributed by atoms with Gasteiger partial charge in [0.15, 0.2) is 11.5 Å². The van der Waals surface area contributed by atoms with Gasteiger partial charge in [-0.25, -0.2) is 0 Å². The Labute approximate surface area is 164 Å². The van der Waals surface area contributed by atoms with Crippen LogP contribution in [0.4, 0.5) is 5.69 Å². The summed E-state index contributed by atoms with van der Waals surface area (Å²) in [5.74, 6) is -0.715. The number of benzene rings is 1. The number of ketones is 1. The molecule has 28 heavy (non-hydrogen) atoms. The van der Waals surface area contributed by atoms with E-state index in [9.17, 15) is 14.7 Å². The molecule has 146 valence electrons. The summed E-state index contributed by atoms with van der Waals surface area (Å²) in [5.41, 5.74) is 0.560. The zero-order valence-corrected chi connectivity index (χ0v) is 16.5. The van der Waals surface area contributed by atoms with Crippen LogP contribution in [-0.4, -0.2) is 28.4 Å². The second kappa shape index (κ2) is 7.46. The topological polar surface area (TPSA) is 79.7 Å². The van der Waals surface area contributed by atoms with Crippen LogP contribution >= 0.6 is 0 Å². The van der Waals surface area contributed by atoms with Crippen LogP contribution in [-0.2, 0) is 9.59 Å². The first kappa shape index (κ1) is 19.6. The molecule has 6 heteroatoms. The third-order valence-electron chi connectivity index (χ3n) is 4.56. The molecule has 1 aliphatic heterocycles. The number of aliphatic hydroxyl groups is 1. The second-order valence-corrected chi connectivity index (χ2v) is 7.63. The molecular weight excluding hydrogens is 356 g/mol. The summed E-state index contributed by atoms with van der Waals surface area (Å²) in [6.07, 6.45) is 3.23. The van der Waals surface area contributed by atoms with Gasteiger partial charge in [-0.15, -0.1) is 0 Å². The Hall–Kier alpha value is -3.15. The Balaban J connectivity index is 2.12. The van der Waals surface area contributed by atoms with Gasteiger partial charge in [-0.2, -0.15) is 0 Å². The average molecular weight is 380 g/mol. The Bertz CT molecular complexity index is 912. The van der Waals surface area contributed by atoms with Crippen molar-refractivity contribution in [2.75, 3.05) is 11.5 Å². The zero-order valence-electron chi connectivity index (χ0n) is 16.5. The molecule has 1 atom stereocenters. The van der Waals surface area contributed by atoms with Crippen LogP contribution in [0.2, 0.25) is 0 Å². The number of aromatic nitrogens is 1. The number of ether oxygens (including phenoxy) is 1. The van der Waals surface area contributed by atoms with Gasteiger partial charge in [0.1, 0.15) is 5.75 Å². The number of hydrogen-bond donors (Lipinski definition) is 1. The van der Waals surface area contributed by atoms with Crippen molar-refractivity contribution in [2.24, 2.45) is 5.41 Å². The minimum absolute atomic E-state index is 0.0967. The van der Waals surface area contributed by atoms with E-state index in [0.717, 1.165) is 0 Å². The first-order valence-electron chi connectivity index (χ1n) is 9.20. The van der Waals surface area contributed by atoms with Crippen LogP contribution in [0.5, 0.6) is 5.75 Å². The van der Waals surface area contributed by atoms with E-state index in [-0.39, 0.29) is 11.4 Å². The van der Waals surface area contributed by atoms with Gasteiger partial charge in [-0.3, -0.25) is 19.5 Å². The number of carbonyl (C=O) groups is 2. The Morgan fingerprint density at radius 2 is 1.89 bits per heavy atom. The van der Waals surface area contributed by atoms with E-state index >= 15 is 0 Å². The maximum Gasteiger partial charge on any atom is 0.294 e. The SMILES string of the molecule is CCOc1ccc(N2C(=O)C(O)=C(C(=O)C(C)(C)C)C2c2cccnc2)cc1. The third-order valence-corrected chi connectivity index (χ3v) is 4.56. The number of amides is 1. The van der Waals surface area contributed by atoms with Gasteiger partial charge in [-0.1, -0.05) is 26.8 Å². The molecule has 1 aromatic heterocycles. The molecule has 1 amide bonds. The minimum atomic E-state index is -0.751. The fourth-order valence-corrected chi connectivity index (χ4v) is 3.23. The van der Waals surface area contributed by atoms with Gasteiger partial charge in [-0.05, 0) is 42.8 Å². The van der Waals surface area contributed by atoms with E-state index in [1.54, 1.807) is 69.6 Å². The van der Waals surface area contributed by atoms with E-state index in [2.05, 4.69) is 4.98 Å². The van der Waals surface area contributed by atoms with Crippen LogP contribution in [0.25, 0.3) is 0 Å². The Morgan fingerprint density at radius 1 is 1.21 bits per heavy atom. The second-order valence-electron chi connectivity index (χ2n) is 7.63. The number of aliphatic hydroxyl groups excluding tert-OH is 1. The van der Waals surface area contributed by atoms with Crippen molar-refractivity contribution >= 4 is 17.4 Å². The number of nitrogens with zero attached hydrogens (tertiary/aromatic N) is 2. The van der Waals surface area contributed by atoms with Gasteiger partial charge in [0.05, 0.1) is 18.2 Å². The van der Waals surface area contributed by atoms with Gasteiger partial charge in [0.25, 0.3) is 5.91 Å². The lowest BCUT2D eigenvalue weighted by Gasteiger charge is -2.28. The molecule has 0 saturated heterocycles. The van der Waals surface area contributed by atoms with E-state index in [4.69, 9.17) is 4.74 Å². The van der Waals surface area contributed by atoms with E-state index in [1.165, 1.54) is 4.90 Å². The van der Waals surface area contributed by atoms with Gasteiger partial charge in [0.2, 0.25) is 0 Å². The number of carbonyl (C=O) groups excluding carboxylic acids is 2. The quantitative estimate of drug-likeness (QED) is 0.848. The molecule has 0 bridgehead atoms. The van der Waals surface area contributed by atoms with Crippen molar-refractivity contribution in [1.82, 2.24) is 4.98 Å². The zero-order chi connectivity index (χ0) is 20.5. The van der Waals surface area contributed by atoms with Crippen LogP contribution in [0.3, 0.4) is 0 Å². The normalized spacial score (nSPS) is 17.2. The summed E-state index contributed by atoms with van der Waals surface area (Å²) in [6.45, 7) is 7.72. The van der Waals surface area contributed by atoms with E-state index in [0.29, 0.717) is 23.6 Å². The van der Waals surface area contributed by atoms with Crippen LogP contribution in [0.1, 0.15) is 39.3 Å². The fourth-order valence-electron chi connectivity index (χ4n) is 3.23. The predicted molar refractivity (Wildman–Crippen MR) is 106 cm³/mol. The molecule has 0 aliphatic carbocycles. The lowest BCUT2D eigenvalue weighted by Crippen LogP contribution is -2.32. The minimum Gasteiger partial charge on any atom is -0.503 e. The Kier molecular flexibility index (Phi) is 5.23. The molecule has 1 unspecified atom stereocenters. The molecule has 2 aromatic rings. The maximum absolute atomic E-state index is 13.1. The lowest BCUT2D eigenvalue weighted by atomic mass is 9.82. The molecule has 1 N–H and O–H groups in total. The molecule has 6 nitrogen and oxygen atoms in total. The highest BCUT2D eigenvalue weighted by molar-refractivity contribution is 6.17. The van der Waals surface area contributed by atoms with Crippen molar-refractivity contribution in [3.63, 3.8) is 0 Å². The first-order chi connectivity index (χ1) is 13.3. The highest BCUT2D eigenvalue weighted by Crippen LogP contribution is 2.43. The Morgan fingerprint density at radius 3 is 2.43 bits per heavy atom. The predicted octanol–water partition coefficient (Wildman–Crippen LogP) is 4.00. The first-order valence-corrected chi connectivity index (χ1v) is 9.20. The molecular formula is C22H24N2O4. The van der Waals surface area contributed by atoms with Crippen LogP contribution in [0.15, 0.2) is 60.1 Å². The molecule has 0 saturated carbocycles. The van der Waals surface area contributed by atoms with E-state index in [1.807, 2.05) is 6.92 Å². The number of hydrogen-bond acceptors (Lipinski definition) is 5. The average Bonchev–Trinajstić information content (AvgIpc) is 2.93. The molecule has 0 spiro atoms. The van der Waals surface area contributed by atoms with Gasteiger partial charge < -0.3 is 9.84 Å². The maximum atomic E-state index is 13.1. The number of anilines is 1. The molecule has 2 heterocycles. The molecule has 0 radical (unpaired) electrons. The highest BCUT2D eigenvalue weighted by atomic mass is 16.5. The van der Waals surface area contributed by atoms with Crippen molar-refractivity contribution in [1.29, 1.82) is 0 Å². The summed E-state index contributed by atoms with van der Waals surface area (Å²) in [5, 5.41) is 10.6. The number of rotatable bonds is 5. The number of Topliss-reactive ketones (excluding diaryl/α,β-unsaturated/α-hetero) is 1. The lowest BCUT2D eigenvalue weighted by molar-refractivity contribution is -0.123. The largest absolute Gasteiger partial charge is 0.503 e. The van der Waals surface area contributed by atoms with E-state index < -0.39 is 23.1 Å². The summed E-state index contributed by atoms with van der Waals surface area (Å²) in [4.78, 5) is 31.6. The fraction of sp³-hybridized carbons (Fsp3) is 0.318. The highest BCUT2D eigenvalue weighted by Gasteiger charge is 2.46. The van der Waals surface area contributed by atoms with Crippen LogP contribution in [0, 0.1) is 5.41 Å². The van der Waals surface area contributed by atoms with Crippen molar-refractivity contribution in [2.45, 2.75) is 33.7 Å². The molecule has 1 aromatic carbocycles. The van der Waals surface area contributed by atoms with Crippen molar-refractivity contribution < 1.29 is 19.4 Å². The smallest absolute Gasteiger partial charge is 0.294 e. The summed E-state index contributed by atoms with van der Waals surface area (Å²) >= 11 is 0. The standard InChI is InChI=1S/C22H24N2O4/c1-5-28-16-10-8-15(9-11-16)24-18(14-7-6-12-23-13-14)17(19(25)21(24)27)20(26)22(2,3)4/h6-13,18,25H,5H2,1-4H3. The molecule has 0 fully saturated rings. The third kappa shape index (κ3) is 3.50. The van der Waals surface area contributed by atoms with Gasteiger partial charge >= 0.3 is 0 Å². The molecule has 3 rings (SSSR count).